The lowest BCUT2D eigenvalue weighted by molar-refractivity contribution is -0.0148. The molecule has 2 aromatic carbocycles. The van der Waals surface area contributed by atoms with Crippen LogP contribution >= 0.6 is 11.6 Å². The van der Waals surface area contributed by atoms with E-state index in [1.807, 2.05) is 13.8 Å². The molecule has 2 fully saturated rings. The molecule has 1 aromatic heterocycles. The standard InChI is InChI=1S/C33H41ClF2N6O4/c1-19-15-41(31(44)46-32(2,3)4)33(5,18-37-19)29-23-14-24(34)26(22-8-7-20(35)13-25(22)36)28-27(23)42(30(43)38-29)21(17-45-28)16-40-11-9-39(6)10-12-40/h7-8,13-14,19,21,37H,9-12,15-18H2,1-6H3/t19-,21+,33+/m0/s1. The molecule has 3 aliphatic heterocycles. The Labute approximate surface area is 272 Å². The van der Waals surface area contributed by atoms with Crippen LogP contribution in [0.5, 0.6) is 5.75 Å². The van der Waals surface area contributed by atoms with Gasteiger partial charge < -0.3 is 19.7 Å². The van der Waals surface area contributed by atoms with Crippen LogP contribution in [0.15, 0.2) is 29.1 Å². The molecule has 3 atom stereocenters. The lowest BCUT2D eigenvalue weighted by Crippen LogP contribution is -2.63. The first-order valence-corrected chi connectivity index (χ1v) is 16.1. The van der Waals surface area contributed by atoms with Crippen LogP contribution in [0, 0.1) is 11.6 Å². The van der Waals surface area contributed by atoms with Gasteiger partial charge in [-0.3, -0.25) is 14.4 Å². The quantitative estimate of drug-likeness (QED) is 0.435. The predicted molar refractivity (Wildman–Crippen MR) is 173 cm³/mol. The number of ether oxygens (including phenoxy) is 2. The van der Waals surface area contributed by atoms with E-state index in [0.717, 1.165) is 38.3 Å². The van der Waals surface area contributed by atoms with E-state index in [2.05, 4.69) is 27.1 Å². The van der Waals surface area contributed by atoms with E-state index in [1.165, 1.54) is 6.07 Å². The number of amides is 1. The number of aromatic nitrogens is 2. The number of piperazine rings is 2. The third kappa shape index (κ3) is 5.96. The van der Waals surface area contributed by atoms with Crippen molar-refractivity contribution in [3.8, 4) is 16.9 Å². The van der Waals surface area contributed by atoms with Crippen LogP contribution in [0.25, 0.3) is 22.0 Å². The summed E-state index contributed by atoms with van der Waals surface area (Å²) in [4.78, 5) is 38.7. The van der Waals surface area contributed by atoms with Crippen molar-refractivity contribution in [2.45, 2.75) is 57.8 Å². The summed E-state index contributed by atoms with van der Waals surface area (Å²) in [7, 11) is 2.08. The monoisotopic (exact) mass is 658 g/mol. The first-order chi connectivity index (χ1) is 21.7. The fourth-order valence-corrected chi connectivity index (χ4v) is 7.00. The van der Waals surface area contributed by atoms with Gasteiger partial charge in [0.15, 0.2) is 5.75 Å². The molecular formula is C33H41ClF2N6O4. The molecule has 3 aliphatic rings. The fourth-order valence-electron chi connectivity index (χ4n) is 6.70. The predicted octanol–water partition coefficient (Wildman–Crippen LogP) is 4.62. The molecule has 0 aliphatic carbocycles. The van der Waals surface area contributed by atoms with Crippen molar-refractivity contribution in [1.29, 1.82) is 0 Å². The van der Waals surface area contributed by atoms with Gasteiger partial charge in [-0.2, -0.15) is 4.98 Å². The molecular weight excluding hydrogens is 618 g/mol. The molecule has 248 valence electrons. The van der Waals surface area contributed by atoms with Gasteiger partial charge in [-0.05, 0) is 59.9 Å². The molecule has 0 bridgehead atoms. The van der Waals surface area contributed by atoms with Crippen LogP contribution in [0.4, 0.5) is 13.6 Å². The average molecular weight is 659 g/mol. The van der Waals surface area contributed by atoms with Crippen molar-refractivity contribution in [1.82, 2.24) is 29.6 Å². The molecule has 0 saturated carbocycles. The highest BCUT2D eigenvalue weighted by Crippen LogP contribution is 2.48. The Morgan fingerprint density at radius 1 is 1.20 bits per heavy atom. The van der Waals surface area contributed by atoms with Crippen molar-refractivity contribution < 1.29 is 23.0 Å². The van der Waals surface area contributed by atoms with Crippen LogP contribution in [-0.2, 0) is 10.3 Å². The van der Waals surface area contributed by atoms with E-state index in [1.54, 1.807) is 36.3 Å². The number of hydrogen-bond donors (Lipinski definition) is 1. The van der Waals surface area contributed by atoms with Crippen LogP contribution < -0.4 is 15.7 Å². The summed E-state index contributed by atoms with van der Waals surface area (Å²) < 4.78 is 43.1. The van der Waals surface area contributed by atoms with E-state index in [0.29, 0.717) is 29.7 Å². The number of rotatable bonds is 4. The highest BCUT2D eigenvalue weighted by molar-refractivity contribution is 6.35. The molecule has 2 saturated heterocycles. The number of nitrogens with one attached hydrogen (secondary N) is 1. The molecule has 13 heteroatoms. The van der Waals surface area contributed by atoms with Crippen molar-refractivity contribution >= 4 is 28.6 Å². The molecule has 0 unspecified atom stereocenters. The number of carbonyl (C=O) groups excluding carboxylic acids is 1. The molecule has 6 rings (SSSR count). The van der Waals surface area contributed by atoms with Crippen LogP contribution in [0.2, 0.25) is 5.02 Å². The molecule has 1 amide bonds. The summed E-state index contributed by atoms with van der Waals surface area (Å²) in [5, 5.41) is 4.08. The maximum atomic E-state index is 15.3. The Morgan fingerprint density at radius 3 is 2.59 bits per heavy atom. The topological polar surface area (TPSA) is 92.2 Å². The maximum absolute atomic E-state index is 15.3. The van der Waals surface area contributed by atoms with E-state index < -0.39 is 34.6 Å². The second-order valence-electron chi connectivity index (χ2n) is 13.9. The van der Waals surface area contributed by atoms with Crippen molar-refractivity contribution in [2.75, 3.05) is 59.5 Å². The van der Waals surface area contributed by atoms with Crippen molar-refractivity contribution in [2.24, 2.45) is 0 Å². The molecule has 0 spiro atoms. The van der Waals surface area contributed by atoms with Gasteiger partial charge in [-0.1, -0.05) is 11.6 Å². The number of carbonyl (C=O) groups is 1. The Kier molecular flexibility index (Phi) is 8.54. The van der Waals surface area contributed by atoms with E-state index >= 15 is 4.39 Å². The summed E-state index contributed by atoms with van der Waals surface area (Å²) in [6.07, 6.45) is -0.532. The van der Waals surface area contributed by atoms with E-state index in [4.69, 9.17) is 21.1 Å². The third-order valence-corrected chi connectivity index (χ3v) is 9.44. The zero-order valence-corrected chi connectivity index (χ0v) is 27.9. The fraction of sp³-hybridized carbons (Fsp3) is 0.545. The SMILES string of the molecule is C[C@H]1CN(C(=O)OC(C)(C)C)[C@@](C)(c2nc(=O)n3c4c(c(-c5ccc(F)cc5F)c(Cl)cc24)OC[C@H]3CN2CCN(C)CC2)CN1. The van der Waals surface area contributed by atoms with Crippen LogP contribution in [0.3, 0.4) is 0 Å². The number of hydrogen-bond acceptors (Lipinski definition) is 8. The minimum Gasteiger partial charge on any atom is -0.488 e. The van der Waals surface area contributed by atoms with Gasteiger partial charge in [0.2, 0.25) is 0 Å². The minimum atomic E-state index is -1.12. The summed E-state index contributed by atoms with van der Waals surface area (Å²) in [5.41, 5.74) is -1.38. The minimum absolute atomic E-state index is 0.0467. The Balaban J connectivity index is 1.58. The maximum Gasteiger partial charge on any atom is 0.411 e. The smallest absolute Gasteiger partial charge is 0.411 e. The Hall–Kier alpha value is -3.32. The van der Waals surface area contributed by atoms with E-state index in [9.17, 15) is 14.0 Å². The van der Waals surface area contributed by atoms with E-state index in [-0.39, 0.29) is 47.1 Å². The van der Waals surface area contributed by atoms with Crippen molar-refractivity contribution in [3.63, 3.8) is 0 Å². The number of nitrogens with zero attached hydrogens (tertiary/aromatic N) is 5. The first-order valence-electron chi connectivity index (χ1n) is 15.7. The lowest BCUT2D eigenvalue weighted by Gasteiger charge is -2.47. The first kappa shape index (κ1) is 32.6. The number of likely N-dealkylation sites (N-methyl/N-ethyl adjacent to an activating group) is 1. The van der Waals surface area contributed by atoms with Gasteiger partial charge in [0.1, 0.15) is 23.8 Å². The number of halogens is 3. The second kappa shape index (κ2) is 12.0. The normalized spacial score (nSPS) is 24.2. The molecule has 46 heavy (non-hydrogen) atoms. The number of benzene rings is 2. The zero-order chi connectivity index (χ0) is 33.1. The molecule has 0 radical (unpaired) electrons. The van der Waals surface area contributed by atoms with Gasteiger partial charge in [0, 0.05) is 74.4 Å². The Morgan fingerprint density at radius 2 is 1.91 bits per heavy atom. The summed E-state index contributed by atoms with van der Waals surface area (Å²) >= 11 is 6.93. The van der Waals surface area contributed by atoms with Crippen molar-refractivity contribution in [3.05, 3.63) is 57.1 Å². The molecule has 4 heterocycles. The van der Waals surface area contributed by atoms with Crippen LogP contribution in [0.1, 0.15) is 46.4 Å². The van der Waals surface area contributed by atoms with Gasteiger partial charge in [-0.25, -0.2) is 18.4 Å². The lowest BCUT2D eigenvalue weighted by atomic mass is 9.87. The second-order valence-corrected chi connectivity index (χ2v) is 14.3. The summed E-state index contributed by atoms with van der Waals surface area (Å²) in [6.45, 7) is 14.0. The largest absolute Gasteiger partial charge is 0.488 e. The summed E-state index contributed by atoms with van der Waals surface area (Å²) in [6, 6.07) is 4.48. The molecule has 1 N–H and O–H groups in total. The average Bonchev–Trinajstić information content (AvgIpc) is 2.97. The van der Waals surface area contributed by atoms with Gasteiger partial charge >= 0.3 is 11.8 Å². The van der Waals surface area contributed by atoms with Gasteiger partial charge in [0.05, 0.1) is 27.8 Å². The van der Waals surface area contributed by atoms with Gasteiger partial charge in [-0.15, -0.1) is 0 Å². The van der Waals surface area contributed by atoms with Crippen LogP contribution in [-0.4, -0.2) is 101 Å². The highest BCUT2D eigenvalue weighted by atomic mass is 35.5. The zero-order valence-electron chi connectivity index (χ0n) is 27.1. The molecule has 3 aromatic rings. The van der Waals surface area contributed by atoms with Gasteiger partial charge in [0.25, 0.3) is 0 Å². The Bertz CT molecular complexity index is 1740. The molecule has 10 nitrogen and oxygen atoms in total. The third-order valence-electron chi connectivity index (χ3n) is 9.14. The summed E-state index contributed by atoms with van der Waals surface area (Å²) in [5.74, 6) is -1.32. The highest BCUT2D eigenvalue weighted by Gasteiger charge is 2.46.